The van der Waals surface area contributed by atoms with E-state index in [0.29, 0.717) is 18.4 Å². The summed E-state index contributed by atoms with van der Waals surface area (Å²) in [5.74, 6) is 1.27. The van der Waals surface area contributed by atoms with Crippen LogP contribution >= 0.6 is 0 Å². The maximum Gasteiger partial charge on any atom is 0.106 e. The van der Waals surface area contributed by atoms with Gasteiger partial charge in [0.1, 0.15) is 5.60 Å². The molecule has 1 heterocycles. The van der Waals surface area contributed by atoms with E-state index >= 15 is 0 Å². The van der Waals surface area contributed by atoms with Crippen molar-refractivity contribution in [3.8, 4) is 0 Å². The molecule has 2 N–H and O–H groups in total. The van der Waals surface area contributed by atoms with Gasteiger partial charge >= 0.3 is 0 Å². The summed E-state index contributed by atoms with van der Waals surface area (Å²) >= 11 is 0. The zero-order chi connectivity index (χ0) is 7.78. The standard InChI is InChI=1S/C8H17NO/c1-6(2)7(3)8(4-9)5-10-8/h6-7H,4-5,9H2,1-3H3. The first kappa shape index (κ1) is 8.02. The minimum atomic E-state index is 0.0498. The monoisotopic (exact) mass is 143 g/mol. The fourth-order valence-electron chi connectivity index (χ4n) is 1.27. The largest absolute Gasteiger partial charge is 0.368 e. The number of ether oxygens (including phenoxy) is 1. The molecule has 2 unspecified atom stereocenters. The van der Waals surface area contributed by atoms with Crippen LogP contribution in [-0.2, 0) is 4.74 Å². The maximum absolute atomic E-state index is 5.58. The highest BCUT2D eigenvalue weighted by molar-refractivity contribution is 4.98. The molecule has 60 valence electrons. The first-order valence-electron chi connectivity index (χ1n) is 3.96. The van der Waals surface area contributed by atoms with E-state index < -0.39 is 0 Å². The molecule has 10 heavy (non-hydrogen) atoms. The van der Waals surface area contributed by atoms with Crippen molar-refractivity contribution in [1.82, 2.24) is 0 Å². The molecule has 0 amide bonds. The third-order valence-corrected chi connectivity index (χ3v) is 2.69. The van der Waals surface area contributed by atoms with Gasteiger partial charge in [-0.1, -0.05) is 20.8 Å². The number of epoxide rings is 1. The summed E-state index contributed by atoms with van der Waals surface area (Å²) in [6, 6.07) is 0. The van der Waals surface area contributed by atoms with E-state index in [1.54, 1.807) is 0 Å². The van der Waals surface area contributed by atoms with Crippen molar-refractivity contribution in [2.24, 2.45) is 17.6 Å². The van der Waals surface area contributed by atoms with Gasteiger partial charge in [0, 0.05) is 6.54 Å². The molecule has 2 heteroatoms. The normalized spacial score (nSPS) is 34.5. The van der Waals surface area contributed by atoms with E-state index in [1.807, 2.05) is 0 Å². The van der Waals surface area contributed by atoms with Gasteiger partial charge in [-0.25, -0.2) is 0 Å². The highest BCUT2D eigenvalue weighted by Crippen LogP contribution is 2.37. The molecule has 1 saturated heterocycles. The molecule has 2 atom stereocenters. The molecule has 1 aliphatic rings. The van der Waals surface area contributed by atoms with E-state index in [0.717, 1.165) is 6.61 Å². The Morgan fingerprint density at radius 1 is 1.50 bits per heavy atom. The van der Waals surface area contributed by atoms with Gasteiger partial charge in [0.15, 0.2) is 0 Å². The summed E-state index contributed by atoms with van der Waals surface area (Å²) < 4.78 is 5.34. The third kappa shape index (κ3) is 1.18. The zero-order valence-electron chi connectivity index (χ0n) is 7.05. The lowest BCUT2D eigenvalue weighted by Crippen LogP contribution is -2.34. The fraction of sp³-hybridized carbons (Fsp3) is 1.00. The molecule has 0 aromatic heterocycles. The summed E-state index contributed by atoms with van der Waals surface area (Å²) in [6.45, 7) is 8.17. The maximum atomic E-state index is 5.58. The fourth-order valence-corrected chi connectivity index (χ4v) is 1.27. The van der Waals surface area contributed by atoms with E-state index in [-0.39, 0.29) is 5.60 Å². The van der Waals surface area contributed by atoms with Gasteiger partial charge in [-0.05, 0) is 11.8 Å². The first-order chi connectivity index (χ1) is 4.62. The molecule has 0 aromatic rings. The van der Waals surface area contributed by atoms with Crippen molar-refractivity contribution in [3.05, 3.63) is 0 Å². The molecule has 0 radical (unpaired) electrons. The molecule has 2 nitrogen and oxygen atoms in total. The van der Waals surface area contributed by atoms with Crippen LogP contribution in [0.3, 0.4) is 0 Å². The van der Waals surface area contributed by atoms with E-state index in [1.165, 1.54) is 0 Å². The highest BCUT2D eigenvalue weighted by atomic mass is 16.6. The number of hydrogen-bond acceptors (Lipinski definition) is 2. The van der Waals surface area contributed by atoms with Crippen LogP contribution in [0, 0.1) is 11.8 Å². The van der Waals surface area contributed by atoms with Crippen LogP contribution < -0.4 is 5.73 Å². The van der Waals surface area contributed by atoms with Gasteiger partial charge in [-0.2, -0.15) is 0 Å². The Balaban J connectivity index is 2.47. The SMILES string of the molecule is CC(C)C(C)C1(CN)CO1. The summed E-state index contributed by atoms with van der Waals surface area (Å²) in [7, 11) is 0. The molecule has 1 aliphatic heterocycles. The minimum Gasteiger partial charge on any atom is -0.368 e. The smallest absolute Gasteiger partial charge is 0.106 e. The Hall–Kier alpha value is -0.0800. The molecule has 0 aromatic carbocycles. The second-order valence-corrected chi connectivity index (χ2v) is 3.59. The van der Waals surface area contributed by atoms with Crippen molar-refractivity contribution in [2.45, 2.75) is 26.4 Å². The molecule has 0 bridgehead atoms. The lowest BCUT2D eigenvalue weighted by Gasteiger charge is -2.21. The molecule has 1 fully saturated rings. The Kier molecular flexibility index (Phi) is 2.02. The van der Waals surface area contributed by atoms with Crippen molar-refractivity contribution >= 4 is 0 Å². The molecular formula is C8H17NO. The zero-order valence-corrected chi connectivity index (χ0v) is 7.05. The quantitative estimate of drug-likeness (QED) is 0.599. The molecule has 0 spiro atoms. The lowest BCUT2D eigenvalue weighted by molar-refractivity contribution is 0.194. The summed E-state index contributed by atoms with van der Waals surface area (Å²) in [5, 5.41) is 0. The Morgan fingerprint density at radius 3 is 2.10 bits per heavy atom. The molecule has 0 saturated carbocycles. The average Bonchev–Trinajstić information content (AvgIpc) is 2.66. The second kappa shape index (κ2) is 2.51. The third-order valence-electron chi connectivity index (χ3n) is 2.69. The van der Waals surface area contributed by atoms with Gasteiger partial charge < -0.3 is 10.5 Å². The predicted octanol–water partition coefficient (Wildman–Crippen LogP) is 1.01. The van der Waals surface area contributed by atoms with Gasteiger partial charge in [0.05, 0.1) is 6.61 Å². The van der Waals surface area contributed by atoms with Crippen LogP contribution in [0.15, 0.2) is 0 Å². The Labute approximate surface area is 62.7 Å². The van der Waals surface area contributed by atoms with Crippen LogP contribution in [0.25, 0.3) is 0 Å². The number of hydrogen-bond donors (Lipinski definition) is 1. The average molecular weight is 143 g/mol. The van der Waals surface area contributed by atoms with Crippen LogP contribution in [0.5, 0.6) is 0 Å². The molecule has 1 rings (SSSR count). The minimum absolute atomic E-state index is 0.0498. The van der Waals surface area contributed by atoms with Crippen LogP contribution in [0.2, 0.25) is 0 Å². The van der Waals surface area contributed by atoms with E-state index in [2.05, 4.69) is 20.8 Å². The highest BCUT2D eigenvalue weighted by Gasteiger charge is 2.48. The predicted molar refractivity (Wildman–Crippen MR) is 41.7 cm³/mol. The van der Waals surface area contributed by atoms with Crippen molar-refractivity contribution < 1.29 is 4.74 Å². The van der Waals surface area contributed by atoms with Crippen molar-refractivity contribution in [2.75, 3.05) is 13.2 Å². The van der Waals surface area contributed by atoms with Gasteiger partial charge in [-0.15, -0.1) is 0 Å². The summed E-state index contributed by atoms with van der Waals surface area (Å²) in [6.07, 6.45) is 0. The van der Waals surface area contributed by atoms with Crippen LogP contribution in [0.4, 0.5) is 0 Å². The van der Waals surface area contributed by atoms with Crippen LogP contribution in [-0.4, -0.2) is 18.8 Å². The second-order valence-electron chi connectivity index (χ2n) is 3.59. The topological polar surface area (TPSA) is 38.5 Å². The summed E-state index contributed by atoms with van der Waals surface area (Å²) in [4.78, 5) is 0. The lowest BCUT2D eigenvalue weighted by atomic mass is 9.85. The Bertz CT molecular complexity index is 118. The molecular weight excluding hydrogens is 126 g/mol. The van der Waals surface area contributed by atoms with Gasteiger partial charge in [0.25, 0.3) is 0 Å². The van der Waals surface area contributed by atoms with Crippen molar-refractivity contribution in [3.63, 3.8) is 0 Å². The van der Waals surface area contributed by atoms with E-state index in [9.17, 15) is 0 Å². The number of rotatable bonds is 3. The first-order valence-corrected chi connectivity index (χ1v) is 3.96. The van der Waals surface area contributed by atoms with E-state index in [4.69, 9.17) is 10.5 Å². The Morgan fingerprint density at radius 2 is 2.00 bits per heavy atom. The van der Waals surface area contributed by atoms with Crippen molar-refractivity contribution in [1.29, 1.82) is 0 Å². The van der Waals surface area contributed by atoms with Crippen LogP contribution in [0.1, 0.15) is 20.8 Å². The molecule has 0 aliphatic carbocycles. The number of nitrogens with two attached hydrogens (primary N) is 1. The summed E-state index contributed by atoms with van der Waals surface area (Å²) in [5.41, 5.74) is 5.63. The van der Waals surface area contributed by atoms with Gasteiger partial charge in [-0.3, -0.25) is 0 Å². The van der Waals surface area contributed by atoms with Gasteiger partial charge in [0.2, 0.25) is 0 Å².